The smallest absolute Gasteiger partial charge is 0.0110 e. The van der Waals surface area contributed by atoms with Gasteiger partial charge in [-0.25, -0.2) is 0 Å². The Hall–Kier alpha value is -0.120. The third kappa shape index (κ3) is 4.44. The van der Waals surface area contributed by atoms with Gasteiger partial charge < -0.3 is 15.1 Å². The van der Waals surface area contributed by atoms with Gasteiger partial charge in [-0.2, -0.15) is 0 Å². The number of nitrogens with one attached hydrogen (secondary N) is 1. The van der Waals surface area contributed by atoms with Crippen molar-refractivity contribution < 1.29 is 0 Å². The van der Waals surface area contributed by atoms with Crippen LogP contribution in [0, 0.1) is 5.41 Å². The average Bonchev–Trinajstić information content (AvgIpc) is 2.43. The predicted molar refractivity (Wildman–Crippen MR) is 82.6 cm³/mol. The first kappa shape index (κ1) is 15.3. The average molecular weight is 267 g/mol. The van der Waals surface area contributed by atoms with E-state index in [1.54, 1.807) is 0 Å². The summed E-state index contributed by atoms with van der Waals surface area (Å²) in [6.07, 6.45) is 6.83. The van der Waals surface area contributed by atoms with Gasteiger partial charge in [0.25, 0.3) is 0 Å². The van der Waals surface area contributed by atoms with E-state index in [0.717, 1.165) is 0 Å². The Labute approximate surface area is 119 Å². The molecule has 0 amide bonds. The van der Waals surface area contributed by atoms with Crippen LogP contribution in [-0.2, 0) is 0 Å². The number of hydrogen-bond donors (Lipinski definition) is 1. The van der Waals surface area contributed by atoms with Gasteiger partial charge in [0.05, 0.1) is 0 Å². The van der Waals surface area contributed by atoms with Crippen LogP contribution >= 0.6 is 0 Å². The van der Waals surface area contributed by atoms with E-state index in [2.05, 4.69) is 29.0 Å². The Morgan fingerprint density at radius 1 is 0.895 bits per heavy atom. The number of rotatable bonds is 6. The van der Waals surface area contributed by atoms with Crippen LogP contribution in [0.2, 0.25) is 0 Å². The van der Waals surface area contributed by atoms with Crippen LogP contribution in [-0.4, -0.2) is 62.2 Å². The van der Waals surface area contributed by atoms with Crippen molar-refractivity contribution in [1.29, 1.82) is 0 Å². The van der Waals surface area contributed by atoms with Crippen LogP contribution in [0.1, 0.15) is 46.0 Å². The van der Waals surface area contributed by atoms with Gasteiger partial charge in [0, 0.05) is 32.7 Å². The molecule has 19 heavy (non-hydrogen) atoms. The van der Waals surface area contributed by atoms with Gasteiger partial charge in [-0.3, -0.25) is 0 Å². The summed E-state index contributed by atoms with van der Waals surface area (Å²) in [4.78, 5) is 5.37. The third-order valence-electron chi connectivity index (χ3n) is 5.01. The highest BCUT2D eigenvalue weighted by Gasteiger charge is 2.33. The molecule has 2 saturated heterocycles. The Morgan fingerprint density at radius 3 is 2.11 bits per heavy atom. The van der Waals surface area contributed by atoms with Crippen LogP contribution < -0.4 is 5.32 Å². The number of piperazine rings is 1. The zero-order valence-corrected chi connectivity index (χ0v) is 13.1. The van der Waals surface area contributed by atoms with E-state index in [4.69, 9.17) is 0 Å². The number of nitrogens with zero attached hydrogens (tertiary/aromatic N) is 2. The Kier molecular flexibility index (Phi) is 6.11. The van der Waals surface area contributed by atoms with Crippen molar-refractivity contribution in [2.24, 2.45) is 5.41 Å². The molecule has 0 bridgehead atoms. The van der Waals surface area contributed by atoms with Crippen LogP contribution in [0.4, 0.5) is 0 Å². The van der Waals surface area contributed by atoms with Gasteiger partial charge in [-0.15, -0.1) is 0 Å². The first-order chi connectivity index (χ1) is 9.28. The fraction of sp³-hybridized carbons (Fsp3) is 1.00. The van der Waals surface area contributed by atoms with E-state index >= 15 is 0 Å². The van der Waals surface area contributed by atoms with Gasteiger partial charge in [0.15, 0.2) is 0 Å². The first-order valence-electron chi connectivity index (χ1n) is 8.43. The molecule has 0 aliphatic carbocycles. The van der Waals surface area contributed by atoms with Crippen LogP contribution in [0.25, 0.3) is 0 Å². The van der Waals surface area contributed by atoms with Crippen LogP contribution in [0.3, 0.4) is 0 Å². The topological polar surface area (TPSA) is 18.5 Å². The van der Waals surface area contributed by atoms with Crippen molar-refractivity contribution in [3.8, 4) is 0 Å². The summed E-state index contributed by atoms with van der Waals surface area (Å²) in [7, 11) is 0. The summed E-state index contributed by atoms with van der Waals surface area (Å²) < 4.78 is 0. The van der Waals surface area contributed by atoms with E-state index in [9.17, 15) is 0 Å². The number of piperidine rings is 1. The second-order valence-electron chi connectivity index (χ2n) is 6.62. The second-order valence-corrected chi connectivity index (χ2v) is 6.62. The minimum Gasteiger partial charge on any atom is -0.317 e. The highest BCUT2D eigenvalue weighted by molar-refractivity contribution is 4.88. The van der Waals surface area contributed by atoms with Crippen LogP contribution in [0.5, 0.6) is 0 Å². The molecule has 0 aromatic rings. The molecule has 2 aliphatic heterocycles. The predicted octanol–water partition coefficient (Wildman–Crippen LogP) is 2.18. The monoisotopic (exact) mass is 267 g/mol. The maximum Gasteiger partial charge on any atom is 0.0110 e. The minimum absolute atomic E-state index is 0.618. The third-order valence-corrected chi connectivity index (χ3v) is 5.01. The van der Waals surface area contributed by atoms with Crippen molar-refractivity contribution in [3.05, 3.63) is 0 Å². The van der Waals surface area contributed by atoms with Crippen molar-refractivity contribution in [2.45, 2.75) is 46.0 Å². The zero-order chi connectivity index (χ0) is 13.6. The molecule has 1 N–H and O–H groups in total. The molecule has 0 spiro atoms. The van der Waals surface area contributed by atoms with Crippen molar-refractivity contribution in [1.82, 2.24) is 15.1 Å². The lowest BCUT2D eigenvalue weighted by Gasteiger charge is -2.44. The summed E-state index contributed by atoms with van der Waals surface area (Å²) in [5, 5.41) is 3.53. The van der Waals surface area contributed by atoms with E-state index in [-0.39, 0.29) is 0 Å². The summed E-state index contributed by atoms with van der Waals surface area (Å²) >= 11 is 0. The summed E-state index contributed by atoms with van der Waals surface area (Å²) in [5.41, 5.74) is 0.618. The molecule has 0 aromatic heterocycles. The number of hydrogen-bond acceptors (Lipinski definition) is 3. The lowest BCUT2D eigenvalue weighted by Crippen LogP contribution is -2.51. The quantitative estimate of drug-likeness (QED) is 0.796. The highest BCUT2D eigenvalue weighted by Crippen LogP contribution is 2.35. The van der Waals surface area contributed by atoms with Gasteiger partial charge in [-0.1, -0.05) is 20.3 Å². The lowest BCUT2D eigenvalue weighted by atomic mass is 9.75. The molecule has 3 heteroatoms. The lowest BCUT2D eigenvalue weighted by molar-refractivity contribution is 0.0607. The maximum absolute atomic E-state index is 3.53. The molecule has 0 aromatic carbocycles. The normalized spacial score (nSPS) is 25.6. The van der Waals surface area contributed by atoms with E-state index < -0.39 is 0 Å². The molecular weight excluding hydrogens is 234 g/mol. The minimum atomic E-state index is 0.618. The molecule has 0 saturated carbocycles. The molecule has 112 valence electrons. The van der Waals surface area contributed by atoms with Gasteiger partial charge >= 0.3 is 0 Å². The maximum atomic E-state index is 3.53. The molecule has 0 unspecified atom stereocenters. The molecule has 0 atom stereocenters. The SMILES string of the molecule is CCCN1CCN(CC2(CCC)CCNCC2)CC1. The zero-order valence-electron chi connectivity index (χ0n) is 13.1. The fourth-order valence-corrected chi connectivity index (χ4v) is 3.94. The Bertz CT molecular complexity index is 235. The van der Waals surface area contributed by atoms with Crippen LogP contribution in [0.15, 0.2) is 0 Å². The van der Waals surface area contributed by atoms with E-state index in [0.29, 0.717) is 5.41 Å². The molecule has 0 radical (unpaired) electrons. The highest BCUT2D eigenvalue weighted by atomic mass is 15.3. The molecule has 3 nitrogen and oxygen atoms in total. The molecule has 2 heterocycles. The van der Waals surface area contributed by atoms with Crippen molar-refractivity contribution in [2.75, 3.05) is 52.4 Å². The Balaban J connectivity index is 1.81. The summed E-state index contributed by atoms with van der Waals surface area (Å²) in [6.45, 7) is 14.9. The standard InChI is InChI=1S/C16H33N3/c1-3-5-16(6-8-17-9-7-16)15-19-13-11-18(10-4-2)12-14-19/h17H,3-15H2,1-2H3. The molecule has 2 rings (SSSR count). The van der Waals surface area contributed by atoms with E-state index in [1.165, 1.54) is 84.5 Å². The van der Waals surface area contributed by atoms with E-state index in [1.807, 2.05) is 0 Å². The van der Waals surface area contributed by atoms with Crippen molar-refractivity contribution in [3.63, 3.8) is 0 Å². The largest absolute Gasteiger partial charge is 0.317 e. The van der Waals surface area contributed by atoms with Gasteiger partial charge in [-0.05, 0) is 50.7 Å². The molecule has 2 aliphatic rings. The fourth-order valence-electron chi connectivity index (χ4n) is 3.94. The second kappa shape index (κ2) is 7.61. The molecular formula is C16H33N3. The molecule has 2 fully saturated rings. The Morgan fingerprint density at radius 2 is 1.53 bits per heavy atom. The van der Waals surface area contributed by atoms with Gasteiger partial charge in [0.2, 0.25) is 0 Å². The first-order valence-corrected chi connectivity index (χ1v) is 8.43. The van der Waals surface area contributed by atoms with Gasteiger partial charge in [0.1, 0.15) is 0 Å². The van der Waals surface area contributed by atoms with Crippen molar-refractivity contribution >= 4 is 0 Å². The summed E-state index contributed by atoms with van der Waals surface area (Å²) in [5.74, 6) is 0. The summed E-state index contributed by atoms with van der Waals surface area (Å²) in [6, 6.07) is 0.